The Morgan fingerprint density at radius 2 is 2.40 bits per heavy atom. The quantitative estimate of drug-likeness (QED) is 0.833. The zero-order valence-corrected chi connectivity index (χ0v) is 12.0. The average molecular weight is 278 g/mol. The number of hydrogen-bond acceptors (Lipinski definition) is 4. The van der Waals surface area contributed by atoms with E-state index in [0.29, 0.717) is 13.2 Å². The number of methoxy groups -OCH3 is 1. The van der Waals surface area contributed by atoms with E-state index >= 15 is 0 Å². The van der Waals surface area contributed by atoms with Crippen LogP contribution >= 0.6 is 0 Å². The van der Waals surface area contributed by atoms with Gasteiger partial charge in [-0.05, 0) is 31.0 Å². The van der Waals surface area contributed by atoms with Crippen molar-refractivity contribution in [2.45, 2.75) is 25.5 Å². The minimum Gasteiger partial charge on any atom is -0.497 e. The number of amides is 1. The van der Waals surface area contributed by atoms with Crippen LogP contribution < -0.4 is 15.4 Å². The highest BCUT2D eigenvalue weighted by atomic mass is 16.5. The Hall–Kier alpha value is -1.59. The molecule has 1 aromatic carbocycles. The van der Waals surface area contributed by atoms with Gasteiger partial charge in [0.05, 0.1) is 19.8 Å². The van der Waals surface area contributed by atoms with Gasteiger partial charge in [-0.25, -0.2) is 0 Å². The van der Waals surface area contributed by atoms with Gasteiger partial charge in [0.15, 0.2) is 0 Å². The Morgan fingerprint density at radius 1 is 1.55 bits per heavy atom. The van der Waals surface area contributed by atoms with Gasteiger partial charge in [-0.2, -0.15) is 0 Å². The molecule has 1 aliphatic rings. The van der Waals surface area contributed by atoms with Crippen molar-refractivity contribution >= 4 is 5.91 Å². The highest BCUT2D eigenvalue weighted by molar-refractivity contribution is 5.82. The Labute approximate surface area is 119 Å². The minimum absolute atomic E-state index is 0.0000890. The number of nitrogens with one attached hydrogen (secondary N) is 2. The van der Waals surface area contributed by atoms with E-state index in [-0.39, 0.29) is 18.1 Å². The van der Waals surface area contributed by atoms with Gasteiger partial charge < -0.3 is 20.1 Å². The molecule has 1 aliphatic heterocycles. The first kappa shape index (κ1) is 14.8. The average Bonchev–Trinajstić information content (AvgIpc) is 2.48. The third kappa shape index (κ3) is 3.95. The molecule has 0 unspecified atom stereocenters. The van der Waals surface area contributed by atoms with Crippen LogP contribution in [0, 0.1) is 0 Å². The maximum Gasteiger partial charge on any atom is 0.239 e. The first-order valence-corrected chi connectivity index (χ1v) is 6.96. The number of ether oxygens (including phenoxy) is 2. The van der Waals surface area contributed by atoms with Gasteiger partial charge in [0.2, 0.25) is 5.91 Å². The Morgan fingerprint density at radius 3 is 3.15 bits per heavy atom. The van der Waals surface area contributed by atoms with Gasteiger partial charge in [0, 0.05) is 13.1 Å². The third-order valence-corrected chi connectivity index (χ3v) is 3.45. The molecule has 5 heteroatoms. The van der Waals surface area contributed by atoms with E-state index in [1.165, 1.54) is 0 Å². The van der Waals surface area contributed by atoms with Crippen molar-refractivity contribution in [2.24, 2.45) is 0 Å². The first-order valence-electron chi connectivity index (χ1n) is 6.96. The molecule has 2 rings (SSSR count). The first-order chi connectivity index (χ1) is 9.70. The largest absolute Gasteiger partial charge is 0.497 e. The van der Waals surface area contributed by atoms with Crippen molar-refractivity contribution < 1.29 is 14.3 Å². The molecule has 1 fully saturated rings. The molecule has 1 saturated heterocycles. The van der Waals surface area contributed by atoms with Crippen LogP contribution in [0.15, 0.2) is 24.3 Å². The van der Waals surface area contributed by atoms with E-state index < -0.39 is 0 Å². The molecule has 1 heterocycles. The summed E-state index contributed by atoms with van der Waals surface area (Å²) in [6.07, 6.45) is 0.700. The summed E-state index contributed by atoms with van der Waals surface area (Å²) in [5, 5.41) is 6.13. The molecule has 0 aromatic heterocycles. The van der Waals surface area contributed by atoms with E-state index in [2.05, 4.69) is 10.6 Å². The lowest BCUT2D eigenvalue weighted by Gasteiger charge is -2.29. The van der Waals surface area contributed by atoms with Crippen molar-refractivity contribution in [3.05, 3.63) is 29.8 Å². The molecule has 0 bridgehead atoms. The Kier molecular flexibility index (Phi) is 5.38. The predicted molar refractivity (Wildman–Crippen MR) is 76.9 cm³/mol. The molecular formula is C15H22N2O3. The maximum absolute atomic E-state index is 12.0. The lowest BCUT2D eigenvalue weighted by atomic mass is 10.1. The van der Waals surface area contributed by atoms with Crippen molar-refractivity contribution in [2.75, 3.05) is 26.8 Å². The van der Waals surface area contributed by atoms with Crippen LogP contribution in [0.5, 0.6) is 5.75 Å². The number of carbonyl (C=O) groups excluding carboxylic acids is 1. The molecule has 1 amide bonds. The van der Waals surface area contributed by atoms with Gasteiger partial charge >= 0.3 is 0 Å². The second kappa shape index (κ2) is 7.26. The predicted octanol–water partition coefficient (Wildman–Crippen LogP) is 0.731. The molecular weight excluding hydrogens is 256 g/mol. The zero-order valence-electron chi connectivity index (χ0n) is 12.0. The van der Waals surface area contributed by atoms with Gasteiger partial charge in [-0.1, -0.05) is 12.1 Å². The van der Waals surface area contributed by atoms with Crippen molar-refractivity contribution in [3.63, 3.8) is 0 Å². The van der Waals surface area contributed by atoms with E-state index in [1.54, 1.807) is 7.11 Å². The van der Waals surface area contributed by atoms with E-state index in [9.17, 15) is 4.79 Å². The van der Waals surface area contributed by atoms with Gasteiger partial charge in [0.25, 0.3) is 0 Å². The summed E-state index contributed by atoms with van der Waals surface area (Å²) in [6.45, 7) is 3.91. The molecule has 110 valence electrons. The maximum atomic E-state index is 12.0. The highest BCUT2D eigenvalue weighted by Crippen LogP contribution is 2.12. The van der Waals surface area contributed by atoms with Crippen LogP contribution in [0.2, 0.25) is 0 Å². The molecule has 1 aromatic rings. The van der Waals surface area contributed by atoms with E-state index in [1.807, 2.05) is 31.2 Å². The summed E-state index contributed by atoms with van der Waals surface area (Å²) in [5.41, 5.74) is 1.14. The van der Waals surface area contributed by atoms with E-state index in [4.69, 9.17) is 9.47 Å². The fraction of sp³-hybridized carbons (Fsp3) is 0.533. The van der Waals surface area contributed by atoms with Gasteiger partial charge in [-0.15, -0.1) is 0 Å². The summed E-state index contributed by atoms with van der Waals surface area (Å²) in [4.78, 5) is 12.0. The fourth-order valence-corrected chi connectivity index (χ4v) is 2.30. The molecule has 20 heavy (non-hydrogen) atoms. The van der Waals surface area contributed by atoms with Gasteiger partial charge in [0.1, 0.15) is 11.8 Å². The van der Waals surface area contributed by atoms with Crippen molar-refractivity contribution in [3.8, 4) is 5.75 Å². The topological polar surface area (TPSA) is 59.6 Å². The lowest BCUT2D eigenvalue weighted by Crippen LogP contribution is -2.55. The summed E-state index contributed by atoms with van der Waals surface area (Å²) in [7, 11) is 1.65. The highest BCUT2D eigenvalue weighted by Gasteiger charge is 2.27. The number of carbonyl (C=O) groups is 1. The Balaban J connectivity index is 1.78. The normalized spacial score (nSPS) is 22.3. The van der Waals surface area contributed by atoms with Crippen LogP contribution in [0.1, 0.15) is 12.5 Å². The van der Waals surface area contributed by atoms with Crippen LogP contribution in [0.25, 0.3) is 0 Å². The van der Waals surface area contributed by atoms with Gasteiger partial charge in [-0.3, -0.25) is 4.79 Å². The zero-order chi connectivity index (χ0) is 14.4. The number of morpholine rings is 1. The molecule has 2 atom stereocenters. The summed E-state index contributed by atoms with van der Waals surface area (Å²) < 4.78 is 10.6. The summed E-state index contributed by atoms with van der Waals surface area (Å²) in [5.74, 6) is 0.838. The second-order valence-electron chi connectivity index (χ2n) is 4.90. The van der Waals surface area contributed by atoms with Crippen molar-refractivity contribution in [1.82, 2.24) is 10.6 Å². The van der Waals surface area contributed by atoms with Crippen LogP contribution in [-0.4, -0.2) is 44.9 Å². The van der Waals surface area contributed by atoms with E-state index in [0.717, 1.165) is 24.3 Å². The van der Waals surface area contributed by atoms with Crippen molar-refractivity contribution in [1.29, 1.82) is 0 Å². The Bertz CT molecular complexity index is 450. The molecule has 0 saturated carbocycles. The summed E-state index contributed by atoms with van der Waals surface area (Å²) in [6, 6.07) is 7.62. The molecule has 0 aliphatic carbocycles. The summed E-state index contributed by atoms with van der Waals surface area (Å²) >= 11 is 0. The fourth-order valence-electron chi connectivity index (χ4n) is 2.30. The smallest absolute Gasteiger partial charge is 0.239 e. The SMILES string of the molecule is COc1cccc(CCNC(=O)[C@H]2NCCO[C@@H]2C)c1. The third-order valence-electron chi connectivity index (χ3n) is 3.45. The number of benzene rings is 1. The standard InChI is InChI=1S/C15H22N2O3/c1-11-14(16-8-9-20-11)15(18)17-7-6-12-4-3-5-13(10-12)19-2/h3-5,10-11,14,16H,6-9H2,1-2H3,(H,17,18)/t11-,14+/m1/s1. The number of rotatable bonds is 5. The molecule has 0 spiro atoms. The molecule has 2 N–H and O–H groups in total. The number of hydrogen-bond donors (Lipinski definition) is 2. The lowest BCUT2D eigenvalue weighted by molar-refractivity contribution is -0.128. The van der Waals surface area contributed by atoms with Crippen LogP contribution in [-0.2, 0) is 16.0 Å². The second-order valence-corrected chi connectivity index (χ2v) is 4.90. The van der Waals surface area contributed by atoms with Crippen LogP contribution in [0.4, 0.5) is 0 Å². The van der Waals surface area contributed by atoms with Crippen LogP contribution in [0.3, 0.4) is 0 Å². The molecule has 0 radical (unpaired) electrons. The minimum atomic E-state index is -0.256. The monoisotopic (exact) mass is 278 g/mol. The molecule has 5 nitrogen and oxygen atoms in total.